The van der Waals surface area contributed by atoms with Crippen molar-refractivity contribution in [3.63, 3.8) is 0 Å². The number of hydrogen-bond acceptors (Lipinski definition) is 2. The summed E-state index contributed by atoms with van der Waals surface area (Å²) in [5, 5.41) is 3.80. The van der Waals surface area contributed by atoms with Crippen molar-refractivity contribution in [2.45, 2.75) is 70.9 Å². The van der Waals surface area contributed by atoms with Crippen molar-refractivity contribution in [2.75, 3.05) is 19.6 Å². The van der Waals surface area contributed by atoms with E-state index in [-0.39, 0.29) is 0 Å². The molecular weight excluding hydrogens is 208 g/mol. The van der Waals surface area contributed by atoms with Crippen molar-refractivity contribution in [3.05, 3.63) is 0 Å². The zero-order chi connectivity index (χ0) is 12.3. The van der Waals surface area contributed by atoms with Gasteiger partial charge in [-0.25, -0.2) is 0 Å². The third-order valence-corrected chi connectivity index (χ3v) is 4.75. The second-order valence-corrected chi connectivity index (χ2v) is 6.38. The minimum atomic E-state index is 0.359. The molecule has 2 fully saturated rings. The van der Waals surface area contributed by atoms with Gasteiger partial charge in [0, 0.05) is 24.7 Å². The van der Waals surface area contributed by atoms with E-state index in [1.807, 2.05) is 0 Å². The molecule has 2 atom stereocenters. The molecule has 0 aromatic carbocycles. The predicted molar refractivity (Wildman–Crippen MR) is 74.3 cm³/mol. The molecule has 2 heteroatoms. The maximum absolute atomic E-state index is 3.80. The first-order valence-electron chi connectivity index (χ1n) is 7.67. The summed E-state index contributed by atoms with van der Waals surface area (Å²) in [6.07, 6.45) is 8.31. The van der Waals surface area contributed by atoms with Gasteiger partial charge in [0.2, 0.25) is 0 Å². The molecule has 0 bridgehead atoms. The molecule has 100 valence electrons. The van der Waals surface area contributed by atoms with E-state index in [0.29, 0.717) is 5.54 Å². The Morgan fingerprint density at radius 2 is 2.00 bits per heavy atom. The number of hydrogen-bond donors (Lipinski definition) is 1. The van der Waals surface area contributed by atoms with Gasteiger partial charge >= 0.3 is 0 Å². The highest BCUT2D eigenvalue weighted by molar-refractivity contribution is 4.99. The monoisotopic (exact) mass is 238 g/mol. The average molecular weight is 238 g/mol. The van der Waals surface area contributed by atoms with Crippen molar-refractivity contribution < 1.29 is 0 Å². The van der Waals surface area contributed by atoms with Crippen LogP contribution in [0.2, 0.25) is 0 Å². The summed E-state index contributed by atoms with van der Waals surface area (Å²) in [6, 6.07) is 0.839. The first-order chi connectivity index (χ1) is 8.18. The number of unbranched alkanes of at least 4 members (excludes halogenated alkanes) is 2. The Labute approximate surface area is 107 Å². The zero-order valence-corrected chi connectivity index (χ0v) is 12.0. The van der Waals surface area contributed by atoms with Crippen molar-refractivity contribution in [1.29, 1.82) is 0 Å². The molecule has 0 radical (unpaired) electrons. The van der Waals surface area contributed by atoms with Gasteiger partial charge in [-0.15, -0.1) is 0 Å². The molecule has 1 heterocycles. The van der Waals surface area contributed by atoms with Crippen LogP contribution in [0.1, 0.15) is 59.3 Å². The Kier molecular flexibility index (Phi) is 4.48. The molecular formula is C15H30N2. The SMILES string of the molecule is CCCCCN1CC(C)(CC)NCC1C1CC1. The summed E-state index contributed by atoms with van der Waals surface area (Å²) in [5.41, 5.74) is 0.359. The van der Waals surface area contributed by atoms with E-state index in [9.17, 15) is 0 Å². The lowest BCUT2D eigenvalue weighted by molar-refractivity contribution is 0.0713. The number of rotatable bonds is 6. The standard InChI is InChI=1S/C15H30N2/c1-4-6-7-10-17-12-15(3,5-2)16-11-14(17)13-8-9-13/h13-14,16H,4-12H2,1-3H3. The highest BCUT2D eigenvalue weighted by Gasteiger charge is 2.41. The van der Waals surface area contributed by atoms with Crippen LogP contribution in [0.4, 0.5) is 0 Å². The van der Waals surface area contributed by atoms with E-state index in [1.165, 1.54) is 58.2 Å². The van der Waals surface area contributed by atoms with Gasteiger partial charge in [-0.2, -0.15) is 0 Å². The Morgan fingerprint density at radius 3 is 2.59 bits per heavy atom. The van der Waals surface area contributed by atoms with Gasteiger partial charge in [-0.05, 0) is 45.1 Å². The molecule has 1 saturated carbocycles. The fourth-order valence-electron chi connectivity index (χ4n) is 3.09. The molecule has 2 aliphatic rings. The Balaban J connectivity index is 1.89. The fourth-order valence-corrected chi connectivity index (χ4v) is 3.09. The first-order valence-corrected chi connectivity index (χ1v) is 7.67. The van der Waals surface area contributed by atoms with Crippen LogP contribution in [0.3, 0.4) is 0 Å². The van der Waals surface area contributed by atoms with Gasteiger partial charge in [0.05, 0.1) is 0 Å². The van der Waals surface area contributed by atoms with E-state index < -0.39 is 0 Å². The summed E-state index contributed by atoms with van der Waals surface area (Å²) in [7, 11) is 0. The zero-order valence-electron chi connectivity index (χ0n) is 12.0. The highest BCUT2D eigenvalue weighted by Crippen LogP contribution is 2.37. The maximum Gasteiger partial charge on any atom is 0.0278 e. The first kappa shape index (κ1) is 13.4. The lowest BCUT2D eigenvalue weighted by Crippen LogP contribution is -2.63. The van der Waals surface area contributed by atoms with Gasteiger partial charge in [0.1, 0.15) is 0 Å². The third kappa shape index (κ3) is 3.45. The molecule has 1 aliphatic heterocycles. The lowest BCUT2D eigenvalue weighted by Gasteiger charge is -2.46. The number of piperazine rings is 1. The van der Waals surface area contributed by atoms with E-state index in [2.05, 4.69) is 31.0 Å². The van der Waals surface area contributed by atoms with Crippen molar-refractivity contribution >= 4 is 0 Å². The minimum Gasteiger partial charge on any atom is -0.309 e. The summed E-state index contributed by atoms with van der Waals surface area (Å²) in [6.45, 7) is 10.8. The second kappa shape index (κ2) is 5.71. The van der Waals surface area contributed by atoms with Crippen LogP contribution in [-0.2, 0) is 0 Å². The van der Waals surface area contributed by atoms with Crippen LogP contribution in [0.25, 0.3) is 0 Å². The molecule has 2 unspecified atom stereocenters. The van der Waals surface area contributed by atoms with E-state index in [0.717, 1.165) is 12.0 Å². The van der Waals surface area contributed by atoms with Crippen molar-refractivity contribution in [1.82, 2.24) is 10.2 Å². The van der Waals surface area contributed by atoms with Gasteiger partial charge in [-0.3, -0.25) is 4.90 Å². The topological polar surface area (TPSA) is 15.3 Å². The fraction of sp³-hybridized carbons (Fsp3) is 1.00. The van der Waals surface area contributed by atoms with Crippen LogP contribution in [0, 0.1) is 5.92 Å². The quantitative estimate of drug-likeness (QED) is 0.716. The largest absolute Gasteiger partial charge is 0.309 e. The van der Waals surface area contributed by atoms with Crippen LogP contribution in [0.15, 0.2) is 0 Å². The normalized spacial score (nSPS) is 35.1. The van der Waals surface area contributed by atoms with Gasteiger partial charge in [-0.1, -0.05) is 26.7 Å². The predicted octanol–water partition coefficient (Wildman–Crippen LogP) is 3.03. The molecule has 17 heavy (non-hydrogen) atoms. The minimum absolute atomic E-state index is 0.359. The maximum atomic E-state index is 3.80. The summed E-state index contributed by atoms with van der Waals surface area (Å²) < 4.78 is 0. The Bertz CT molecular complexity index is 237. The molecule has 1 aliphatic carbocycles. The van der Waals surface area contributed by atoms with Crippen LogP contribution in [-0.4, -0.2) is 36.1 Å². The van der Waals surface area contributed by atoms with Gasteiger partial charge < -0.3 is 5.32 Å². The summed E-state index contributed by atoms with van der Waals surface area (Å²) >= 11 is 0. The van der Waals surface area contributed by atoms with Crippen molar-refractivity contribution in [2.24, 2.45) is 5.92 Å². The highest BCUT2D eigenvalue weighted by atomic mass is 15.3. The lowest BCUT2D eigenvalue weighted by atomic mass is 9.92. The summed E-state index contributed by atoms with van der Waals surface area (Å²) in [5.74, 6) is 1.01. The number of nitrogens with zero attached hydrogens (tertiary/aromatic N) is 1. The molecule has 1 saturated heterocycles. The Hall–Kier alpha value is -0.0800. The molecule has 0 aromatic rings. The van der Waals surface area contributed by atoms with Crippen molar-refractivity contribution in [3.8, 4) is 0 Å². The third-order valence-electron chi connectivity index (χ3n) is 4.75. The molecule has 0 spiro atoms. The molecule has 0 amide bonds. The molecule has 2 nitrogen and oxygen atoms in total. The van der Waals surface area contributed by atoms with E-state index in [4.69, 9.17) is 0 Å². The molecule has 1 N–H and O–H groups in total. The van der Waals surface area contributed by atoms with Gasteiger partial charge in [0.15, 0.2) is 0 Å². The van der Waals surface area contributed by atoms with Crippen LogP contribution in [0.5, 0.6) is 0 Å². The molecule has 0 aromatic heterocycles. The number of nitrogens with one attached hydrogen (secondary N) is 1. The van der Waals surface area contributed by atoms with Gasteiger partial charge in [0.25, 0.3) is 0 Å². The summed E-state index contributed by atoms with van der Waals surface area (Å²) in [4.78, 5) is 2.80. The average Bonchev–Trinajstić information content (AvgIpc) is 3.14. The smallest absolute Gasteiger partial charge is 0.0278 e. The Morgan fingerprint density at radius 1 is 1.24 bits per heavy atom. The second-order valence-electron chi connectivity index (χ2n) is 6.38. The van der Waals surface area contributed by atoms with Crippen LogP contribution < -0.4 is 5.32 Å². The van der Waals surface area contributed by atoms with E-state index in [1.54, 1.807) is 0 Å². The molecule has 2 rings (SSSR count). The van der Waals surface area contributed by atoms with Crippen LogP contribution >= 0.6 is 0 Å². The van der Waals surface area contributed by atoms with E-state index >= 15 is 0 Å².